The highest BCUT2D eigenvalue weighted by atomic mass is 16.5. The van der Waals surface area contributed by atoms with E-state index >= 15 is 0 Å². The number of nitrogens with zero attached hydrogens (tertiary/aromatic N) is 1. The lowest BCUT2D eigenvalue weighted by Crippen LogP contribution is -2.60. The minimum absolute atomic E-state index is 0.240. The first-order valence-electron chi connectivity index (χ1n) is 8.26. The Balaban J connectivity index is 1.67. The van der Waals surface area contributed by atoms with Gasteiger partial charge < -0.3 is 10.1 Å². The van der Waals surface area contributed by atoms with Crippen LogP contribution in [0.5, 0.6) is 0 Å². The molecule has 0 spiro atoms. The lowest BCUT2D eigenvalue weighted by molar-refractivity contribution is 0.0121. The van der Waals surface area contributed by atoms with Crippen LogP contribution in [0.15, 0.2) is 30.3 Å². The largest absolute Gasteiger partial charge is 0.381 e. The Morgan fingerprint density at radius 2 is 1.90 bits per heavy atom. The average Bonchev–Trinajstić information content (AvgIpc) is 2.51. The zero-order chi connectivity index (χ0) is 14.7. The molecule has 2 aliphatic heterocycles. The number of rotatable bonds is 3. The second-order valence-corrected chi connectivity index (χ2v) is 7.12. The van der Waals surface area contributed by atoms with Crippen molar-refractivity contribution >= 4 is 0 Å². The lowest BCUT2D eigenvalue weighted by Gasteiger charge is -2.48. The number of ether oxygens (including phenoxy) is 1. The molecule has 2 aliphatic rings. The number of benzene rings is 1. The van der Waals surface area contributed by atoms with Gasteiger partial charge in [0.05, 0.1) is 0 Å². The summed E-state index contributed by atoms with van der Waals surface area (Å²) in [6.07, 6.45) is 2.44. The van der Waals surface area contributed by atoms with Gasteiger partial charge in [-0.2, -0.15) is 0 Å². The quantitative estimate of drug-likeness (QED) is 0.925. The molecule has 116 valence electrons. The summed E-state index contributed by atoms with van der Waals surface area (Å²) in [7, 11) is 0. The van der Waals surface area contributed by atoms with E-state index in [2.05, 4.69) is 54.4 Å². The first-order valence-corrected chi connectivity index (χ1v) is 8.26. The lowest BCUT2D eigenvalue weighted by atomic mass is 9.91. The Kier molecular flexibility index (Phi) is 4.63. The molecule has 0 amide bonds. The van der Waals surface area contributed by atoms with E-state index in [-0.39, 0.29) is 5.54 Å². The van der Waals surface area contributed by atoms with Crippen LogP contribution in [0.2, 0.25) is 0 Å². The fourth-order valence-electron chi connectivity index (χ4n) is 3.49. The molecule has 2 saturated heterocycles. The molecule has 21 heavy (non-hydrogen) atoms. The summed E-state index contributed by atoms with van der Waals surface area (Å²) in [5.74, 6) is 0.799. The van der Waals surface area contributed by atoms with Crippen molar-refractivity contribution in [1.82, 2.24) is 10.2 Å². The van der Waals surface area contributed by atoms with Crippen LogP contribution >= 0.6 is 0 Å². The van der Waals surface area contributed by atoms with E-state index in [4.69, 9.17) is 4.74 Å². The molecule has 0 saturated carbocycles. The van der Waals surface area contributed by atoms with Crippen molar-refractivity contribution in [1.29, 1.82) is 0 Å². The predicted molar refractivity (Wildman–Crippen MR) is 86.4 cm³/mol. The Morgan fingerprint density at radius 3 is 2.62 bits per heavy atom. The van der Waals surface area contributed by atoms with Crippen molar-refractivity contribution < 1.29 is 4.74 Å². The van der Waals surface area contributed by atoms with Crippen molar-refractivity contribution in [3.05, 3.63) is 35.9 Å². The van der Waals surface area contributed by atoms with E-state index in [0.29, 0.717) is 6.04 Å². The monoisotopic (exact) mass is 288 g/mol. The predicted octanol–water partition coefficient (Wildman–Crippen LogP) is 2.84. The van der Waals surface area contributed by atoms with Gasteiger partial charge in [0.2, 0.25) is 0 Å². The van der Waals surface area contributed by atoms with Crippen LogP contribution in [-0.2, 0) is 4.74 Å². The van der Waals surface area contributed by atoms with Gasteiger partial charge in [0.1, 0.15) is 0 Å². The fourth-order valence-corrected chi connectivity index (χ4v) is 3.49. The van der Waals surface area contributed by atoms with Gasteiger partial charge in [-0.25, -0.2) is 0 Å². The molecule has 1 N–H and O–H groups in total. The summed E-state index contributed by atoms with van der Waals surface area (Å²) < 4.78 is 5.50. The maximum absolute atomic E-state index is 5.50. The molecule has 0 aromatic heterocycles. The highest BCUT2D eigenvalue weighted by molar-refractivity contribution is 5.20. The highest BCUT2D eigenvalue weighted by Crippen LogP contribution is 2.28. The van der Waals surface area contributed by atoms with E-state index < -0.39 is 0 Å². The van der Waals surface area contributed by atoms with E-state index in [1.807, 2.05) is 0 Å². The summed E-state index contributed by atoms with van der Waals surface area (Å²) in [5, 5.41) is 3.73. The highest BCUT2D eigenvalue weighted by Gasteiger charge is 2.35. The number of hydrogen-bond acceptors (Lipinski definition) is 3. The van der Waals surface area contributed by atoms with Crippen LogP contribution in [0.25, 0.3) is 0 Å². The Bertz CT molecular complexity index is 440. The molecule has 0 bridgehead atoms. The molecule has 1 atom stereocenters. The number of piperazine rings is 1. The van der Waals surface area contributed by atoms with Crippen LogP contribution in [-0.4, -0.2) is 43.3 Å². The van der Waals surface area contributed by atoms with Gasteiger partial charge >= 0.3 is 0 Å². The second kappa shape index (κ2) is 6.47. The van der Waals surface area contributed by atoms with Crippen molar-refractivity contribution in [2.45, 2.75) is 38.3 Å². The zero-order valence-corrected chi connectivity index (χ0v) is 13.3. The molecular formula is C18H28N2O. The first-order chi connectivity index (χ1) is 10.1. The van der Waals surface area contributed by atoms with Crippen LogP contribution in [0.4, 0.5) is 0 Å². The molecule has 1 unspecified atom stereocenters. The van der Waals surface area contributed by atoms with Gasteiger partial charge in [-0.3, -0.25) is 4.90 Å². The summed E-state index contributed by atoms with van der Waals surface area (Å²) in [4.78, 5) is 2.69. The van der Waals surface area contributed by atoms with Crippen molar-refractivity contribution in [3.8, 4) is 0 Å². The SMILES string of the molecule is CC1(C)CNC(c2ccccc2)CN1CC1CCOCC1. The first kappa shape index (κ1) is 15.0. The number of hydrogen-bond donors (Lipinski definition) is 1. The molecular weight excluding hydrogens is 260 g/mol. The van der Waals surface area contributed by atoms with E-state index in [1.54, 1.807) is 0 Å². The second-order valence-electron chi connectivity index (χ2n) is 7.12. The van der Waals surface area contributed by atoms with Crippen LogP contribution < -0.4 is 5.32 Å². The summed E-state index contributed by atoms with van der Waals surface area (Å²) in [6, 6.07) is 11.3. The summed E-state index contributed by atoms with van der Waals surface area (Å²) in [6.45, 7) is 9.98. The fraction of sp³-hybridized carbons (Fsp3) is 0.667. The molecule has 0 radical (unpaired) electrons. The Labute approximate surface area is 128 Å². The summed E-state index contributed by atoms with van der Waals surface area (Å²) in [5.41, 5.74) is 1.65. The van der Waals surface area contributed by atoms with Gasteiger partial charge in [-0.15, -0.1) is 0 Å². The third kappa shape index (κ3) is 3.65. The minimum Gasteiger partial charge on any atom is -0.381 e. The van der Waals surface area contributed by atoms with Gasteiger partial charge in [0.15, 0.2) is 0 Å². The van der Waals surface area contributed by atoms with Crippen molar-refractivity contribution in [2.75, 3.05) is 32.8 Å². The smallest absolute Gasteiger partial charge is 0.0469 e. The van der Waals surface area contributed by atoms with Crippen molar-refractivity contribution in [2.24, 2.45) is 5.92 Å². The minimum atomic E-state index is 0.240. The molecule has 3 nitrogen and oxygen atoms in total. The van der Waals surface area contributed by atoms with E-state index in [0.717, 1.165) is 32.2 Å². The molecule has 2 fully saturated rings. The number of nitrogens with one attached hydrogen (secondary N) is 1. The van der Waals surface area contributed by atoms with Gasteiger partial charge in [0.25, 0.3) is 0 Å². The van der Waals surface area contributed by atoms with Gasteiger partial charge in [-0.05, 0) is 38.2 Å². The molecule has 2 heterocycles. The molecule has 3 heteroatoms. The normalized spacial score (nSPS) is 27.6. The average molecular weight is 288 g/mol. The maximum atomic E-state index is 5.50. The zero-order valence-electron chi connectivity index (χ0n) is 13.3. The molecule has 3 rings (SSSR count). The third-order valence-electron chi connectivity index (χ3n) is 5.06. The third-order valence-corrected chi connectivity index (χ3v) is 5.06. The van der Waals surface area contributed by atoms with E-state index in [9.17, 15) is 0 Å². The van der Waals surface area contributed by atoms with Gasteiger partial charge in [-0.1, -0.05) is 30.3 Å². The van der Waals surface area contributed by atoms with Crippen molar-refractivity contribution in [3.63, 3.8) is 0 Å². The van der Waals surface area contributed by atoms with Crippen LogP contribution in [0.3, 0.4) is 0 Å². The topological polar surface area (TPSA) is 24.5 Å². The van der Waals surface area contributed by atoms with Gasteiger partial charge in [0, 0.05) is 44.4 Å². The molecule has 1 aromatic carbocycles. The van der Waals surface area contributed by atoms with Crippen LogP contribution in [0.1, 0.15) is 38.3 Å². The summed E-state index contributed by atoms with van der Waals surface area (Å²) >= 11 is 0. The van der Waals surface area contributed by atoms with E-state index in [1.165, 1.54) is 24.9 Å². The molecule has 0 aliphatic carbocycles. The Hall–Kier alpha value is -0.900. The standard InChI is InChI=1S/C18H28N2O/c1-18(2)14-19-17(16-6-4-3-5-7-16)13-20(18)12-15-8-10-21-11-9-15/h3-7,15,17,19H,8-14H2,1-2H3. The maximum Gasteiger partial charge on any atom is 0.0469 e. The van der Waals surface area contributed by atoms with Crippen LogP contribution in [0, 0.1) is 5.92 Å². The Morgan fingerprint density at radius 1 is 1.19 bits per heavy atom. The molecule has 1 aromatic rings.